The summed E-state index contributed by atoms with van der Waals surface area (Å²) in [6, 6.07) is 20.4. The quantitative estimate of drug-likeness (QED) is 0.278. The van der Waals surface area contributed by atoms with Crippen LogP contribution in [0, 0.1) is 6.92 Å². The number of anilines is 3. The van der Waals surface area contributed by atoms with Gasteiger partial charge in [0.25, 0.3) is 0 Å². The third kappa shape index (κ3) is 6.15. The Kier molecular flexibility index (Phi) is 8.00. The summed E-state index contributed by atoms with van der Waals surface area (Å²) in [6.45, 7) is 13.3. The highest BCUT2D eigenvalue weighted by molar-refractivity contribution is 6.11. The maximum Gasteiger partial charge on any atom is 0.332 e. The number of ether oxygens (including phenoxy) is 1. The van der Waals surface area contributed by atoms with E-state index in [4.69, 9.17) is 4.74 Å². The molecule has 1 saturated heterocycles. The van der Waals surface area contributed by atoms with Crippen LogP contribution in [0.25, 0.3) is 10.8 Å². The SMILES string of the molecule is Cc1ccc(C(C)(C)C)cc1N(C(=O)Nc1ccc(CCCN2CCOCC2)c2ccccc12)c1ccn[nH]1. The highest BCUT2D eigenvalue weighted by Gasteiger charge is 2.24. The number of carbonyl (C=O) groups is 1. The van der Waals surface area contributed by atoms with Gasteiger partial charge in [0.05, 0.1) is 30.8 Å². The molecule has 4 aromatic rings. The van der Waals surface area contributed by atoms with Crippen molar-refractivity contribution in [1.82, 2.24) is 15.1 Å². The summed E-state index contributed by atoms with van der Waals surface area (Å²) in [7, 11) is 0. The first-order chi connectivity index (χ1) is 18.8. The molecule has 0 atom stereocenters. The molecule has 1 fully saturated rings. The molecule has 0 saturated carbocycles. The molecule has 0 spiro atoms. The Morgan fingerprint density at radius 1 is 1.05 bits per heavy atom. The minimum absolute atomic E-state index is 0.0492. The molecular formula is C32H39N5O2. The van der Waals surface area contributed by atoms with E-state index in [9.17, 15) is 4.79 Å². The molecule has 2 heterocycles. The molecular weight excluding hydrogens is 486 g/mol. The van der Waals surface area contributed by atoms with Gasteiger partial charge >= 0.3 is 6.03 Å². The van der Waals surface area contributed by atoms with Crippen LogP contribution in [-0.2, 0) is 16.6 Å². The molecule has 1 aromatic heterocycles. The molecule has 3 aromatic carbocycles. The number of benzene rings is 3. The van der Waals surface area contributed by atoms with Crippen LogP contribution in [0.3, 0.4) is 0 Å². The number of urea groups is 1. The first-order valence-corrected chi connectivity index (χ1v) is 13.8. The van der Waals surface area contributed by atoms with E-state index in [0.29, 0.717) is 5.82 Å². The van der Waals surface area contributed by atoms with Crippen LogP contribution in [0.15, 0.2) is 66.9 Å². The van der Waals surface area contributed by atoms with Gasteiger partial charge in [0, 0.05) is 24.5 Å². The monoisotopic (exact) mass is 525 g/mol. The Morgan fingerprint density at radius 2 is 1.82 bits per heavy atom. The number of carbonyl (C=O) groups excluding carboxylic acids is 1. The molecule has 7 nitrogen and oxygen atoms in total. The van der Waals surface area contributed by atoms with Gasteiger partial charge in [-0.3, -0.25) is 10.00 Å². The van der Waals surface area contributed by atoms with Crippen LogP contribution < -0.4 is 10.2 Å². The topological polar surface area (TPSA) is 73.5 Å². The van der Waals surface area contributed by atoms with Crippen molar-refractivity contribution in [1.29, 1.82) is 0 Å². The van der Waals surface area contributed by atoms with Gasteiger partial charge in [-0.25, -0.2) is 9.69 Å². The average molecular weight is 526 g/mol. The smallest absolute Gasteiger partial charge is 0.332 e. The maximum absolute atomic E-state index is 14.0. The molecule has 7 heteroatoms. The van der Waals surface area contributed by atoms with E-state index < -0.39 is 0 Å². The lowest BCUT2D eigenvalue weighted by Gasteiger charge is -2.27. The lowest BCUT2D eigenvalue weighted by Crippen LogP contribution is -2.36. The number of nitrogens with one attached hydrogen (secondary N) is 2. The molecule has 1 aliphatic heterocycles. The Hall–Kier alpha value is -3.68. The highest BCUT2D eigenvalue weighted by Crippen LogP contribution is 2.34. The lowest BCUT2D eigenvalue weighted by molar-refractivity contribution is 0.0375. The van der Waals surface area contributed by atoms with Crippen molar-refractivity contribution in [2.24, 2.45) is 0 Å². The van der Waals surface area contributed by atoms with Crippen LogP contribution >= 0.6 is 0 Å². The molecule has 0 aliphatic carbocycles. The lowest BCUT2D eigenvalue weighted by atomic mass is 9.86. The van der Waals surface area contributed by atoms with E-state index in [0.717, 1.165) is 73.6 Å². The van der Waals surface area contributed by atoms with E-state index in [1.807, 2.05) is 25.1 Å². The number of aromatic amines is 1. The second-order valence-corrected chi connectivity index (χ2v) is 11.3. The van der Waals surface area contributed by atoms with E-state index in [1.165, 1.54) is 10.9 Å². The fraction of sp³-hybridized carbons (Fsp3) is 0.375. The second-order valence-electron chi connectivity index (χ2n) is 11.3. The summed E-state index contributed by atoms with van der Waals surface area (Å²) in [6.07, 6.45) is 3.75. The van der Waals surface area contributed by atoms with Gasteiger partial charge in [0.1, 0.15) is 5.82 Å². The minimum atomic E-state index is -0.237. The van der Waals surface area contributed by atoms with Crippen molar-refractivity contribution in [2.75, 3.05) is 43.1 Å². The van der Waals surface area contributed by atoms with E-state index >= 15 is 0 Å². The molecule has 204 valence electrons. The Labute approximate surface area is 231 Å². The number of nitrogens with zero attached hydrogens (tertiary/aromatic N) is 3. The van der Waals surface area contributed by atoms with Crippen LogP contribution in [0.2, 0.25) is 0 Å². The van der Waals surface area contributed by atoms with Crippen molar-refractivity contribution in [3.8, 4) is 0 Å². The number of hydrogen-bond donors (Lipinski definition) is 2. The van der Waals surface area contributed by atoms with Gasteiger partial charge in [-0.2, -0.15) is 5.10 Å². The summed E-state index contributed by atoms with van der Waals surface area (Å²) in [4.78, 5) is 18.1. The van der Waals surface area contributed by atoms with Gasteiger partial charge in [0.2, 0.25) is 0 Å². The van der Waals surface area contributed by atoms with Gasteiger partial charge in [-0.15, -0.1) is 0 Å². The molecule has 2 N–H and O–H groups in total. The largest absolute Gasteiger partial charge is 0.379 e. The van der Waals surface area contributed by atoms with Crippen LogP contribution in [0.1, 0.15) is 43.9 Å². The Balaban J connectivity index is 1.42. The van der Waals surface area contributed by atoms with Crippen molar-refractivity contribution in [2.45, 2.75) is 46.0 Å². The van der Waals surface area contributed by atoms with Crippen molar-refractivity contribution >= 4 is 34.0 Å². The highest BCUT2D eigenvalue weighted by atomic mass is 16.5. The summed E-state index contributed by atoms with van der Waals surface area (Å²) in [5, 5.41) is 12.5. The molecule has 1 aliphatic rings. The zero-order valence-corrected chi connectivity index (χ0v) is 23.5. The van der Waals surface area contributed by atoms with E-state index in [-0.39, 0.29) is 11.4 Å². The number of morpholine rings is 1. The van der Waals surface area contributed by atoms with Crippen molar-refractivity contribution < 1.29 is 9.53 Å². The Morgan fingerprint density at radius 3 is 2.54 bits per heavy atom. The number of rotatable bonds is 7. The number of amides is 2. The van der Waals surface area contributed by atoms with Gasteiger partial charge in [-0.1, -0.05) is 63.2 Å². The zero-order chi connectivity index (χ0) is 27.4. The van der Waals surface area contributed by atoms with Gasteiger partial charge in [-0.05, 0) is 65.9 Å². The minimum Gasteiger partial charge on any atom is -0.379 e. The molecule has 0 unspecified atom stereocenters. The number of H-pyrrole nitrogens is 1. The normalized spacial score (nSPS) is 14.5. The predicted octanol–water partition coefficient (Wildman–Crippen LogP) is 6.80. The summed E-state index contributed by atoms with van der Waals surface area (Å²) < 4.78 is 5.48. The second kappa shape index (κ2) is 11.6. The van der Waals surface area contributed by atoms with Crippen molar-refractivity contribution in [3.05, 3.63) is 83.6 Å². The van der Waals surface area contributed by atoms with Gasteiger partial charge < -0.3 is 10.1 Å². The number of hydrogen-bond acceptors (Lipinski definition) is 4. The van der Waals surface area contributed by atoms with Crippen LogP contribution in [0.4, 0.5) is 22.0 Å². The molecule has 5 rings (SSSR count). The summed E-state index contributed by atoms with van der Waals surface area (Å²) >= 11 is 0. The van der Waals surface area contributed by atoms with E-state index in [1.54, 1.807) is 11.1 Å². The van der Waals surface area contributed by atoms with E-state index in [2.05, 4.69) is 83.6 Å². The third-order valence-electron chi connectivity index (χ3n) is 7.53. The fourth-order valence-corrected chi connectivity index (χ4v) is 5.22. The third-order valence-corrected chi connectivity index (χ3v) is 7.53. The molecule has 39 heavy (non-hydrogen) atoms. The predicted molar refractivity (Wildman–Crippen MR) is 159 cm³/mol. The van der Waals surface area contributed by atoms with Gasteiger partial charge in [0.15, 0.2) is 0 Å². The Bertz CT molecular complexity index is 1420. The average Bonchev–Trinajstić information content (AvgIpc) is 3.45. The van der Waals surface area contributed by atoms with Crippen LogP contribution in [0.5, 0.6) is 0 Å². The standard InChI is InChI=1S/C32H39N5O2/c1-23-11-13-25(32(2,3)4)22-29(23)37(30-15-16-33-35-30)31(38)34-28-14-12-24(26-9-5-6-10-27(26)28)8-7-17-36-18-20-39-21-19-36/h5-6,9-16,22H,7-8,17-21H2,1-4H3,(H,33,35)(H,34,38). The molecule has 0 bridgehead atoms. The summed E-state index contributed by atoms with van der Waals surface area (Å²) in [5.74, 6) is 0.616. The molecule has 0 radical (unpaired) electrons. The number of aromatic nitrogens is 2. The maximum atomic E-state index is 14.0. The first kappa shape index (κ1) is 26.9. The van der Waals surface area contributed by atoms with Crippen LogP contribution in [-0.4, -0.2) is 54.0 Å². The van der Waals surface area contributed by atoms with Crippen molar-refractivity contribution in [3.63, 3.8) is 0 Å². The first-order valence-electron chi connectivity index (χ1n) is 13.8. The molecule has 2 amide bonds. The summed E-state index contributed by atoms with van der Waals surface area (Å²) in [5.41, 5.74) is 5.04. The zero-order valence-electron chi connectivity index (χ0n) is 23.5. The fourth-order valence-electron chi connectivity index (χ4n) is 5.22. The number of fused-ring (bicyclic) bond motifs is 1. The number of aryl methyl sites for hydroxylation is 2.